The first-order chi connectivity index (χ1) is 18.3. The maximum Gasteiger partial charge on any atom is 0.273 e. The van der Waals surface area contributed by atoms with Crippen LogP contribution in [0.15, 0.2) is 82.8 Å². The highest BCUT2D eigenvalue weighted by Crippen LogP contribution is 2.29. The molecule has 0 spiro atoms. The van der Waals surface area contributed by atoms with Gasteiger partial charge in [0.2, 0.25) is 0 Å². The maximum absolute atomic E-state index is 13.6. The normalized spacial score (nSPS) is 12.1. The van der Waals surface area contributed by atoms with Crippen molar-refractivity contribution in [2.45, 2.75) is 44.4 Å². The number of benzene rings is 3. The van der Waals surface area contributed by atoms with Crippen LogP contribution >= 0.6 is 0 Å². The van der Waals surface area contributed by atoms with Gasteiger partial charge in [-0.3, -0.25) is 19.2 Å². The van der Waals surface area contributed by atoms with E-state index in [-0.39, 0.29) is 21.7 Å². The highest BCUT2D eigenvalue weighted by Gasteiger charge is 2.29. The van der Waals surface area contributed by atoms with Crippen LogP contribution in [0.2, 0.25) is 0 Å². The van der Waals surface area contributed by atoms with Crippen LogP contribution in [0.25, 0.3) is 0 Å². The second kappa shape index (κ2) is 12.1. The standard InChI is InChI=1S/C28H32N4O6S/c1-20-11-16-25(17-26(20)32(34)35)39(36,37)31(23-12-14-24(38-5)15-13-23)19-27(33)30-29-21(2)18-28(3,4)22-9-7-6-8-10-22/h6-17H,18-19H2,1-5H3,(H,30,33)/b29-21-. The van der Waals surface area contributed by atoms with Gasteiger partial charge >= 0.3 is 0 Å². The van der Waals surface area contributed by atoms with E-state index in [0.717, 1.165) is 15.9 Å². The Morgan fingerprint density at radius 2 is 1.72 bits per heavy atom. The number of hydrogen-bond acceptors (Lipinski definition) is 7. The number of carbonyl (C=O) groups is 1. The molecule has 0 heterocycles. The summed E-state index contributed by atoms with van der Waals surface area (Å²) in [6.45, 7) is 6.84. The van der Waals surface area contributed by atoms with Crippen molar-refractivity contribution < 1.29 is 22.9 Å². The molecule has 39 heavy (non-hydrogen) atoms. The predicted octanol–water partition coefficient (Wildman–Crippen LogP) is 4.97. The van der Waals surface area contributed by atoms with Gasteiger partial charge in [0.1, 0.15) is 12.3 Å². The van der Waals surface area contributed by atoms with Crippen molar-refractivity contribution in [1.29, 1.82) is 0 Å². The number of nitrogens with one attached hydrogen (secondary N) is 1. The molecular formula is C28H32N4O6S. The zero-order chi connectivity index (χ0) is 28.8. The lowest BCUT2D eigenvalue weighted by molar-refractivity contribution is -0.385. The van der Waals surface area contributed by atoms with E-state index in [0.29, 0.717) is 23.4 Å². The number of nitrogens with zero attached hydrogens (tertiary/aromatic N) is 3. The topological polar surface area (TPSA) is 131 Å². The summed E-state index contributed by atoms with van der Waals surface area (Å²) in [6, 6.07) is 19.6. The first kappa shape index (κ1) is 29.3. The van der Waals surface area contributed by atoms with Gasteiger partial charge in [0.15, 0.2) is 0 Å². The van der Waals surface area contributed by atoms with Crippen LogP contribution in [0, 0.1) is 17.0 Å². The van der Waals surface area contributed by atoms with Crippen LogP contribution in [0.1, 0.15) is 38.3 Å². The van der Waals surface area contributed by atoms with Crippen LogP contribution in [0.3, 0.4) is 0 Å². The van der Waals surface area contributed by atoms with E-state index in [1.54, 1.807) is 19.1 Å². The number of rotatable bonds is 11. The lowest BCUT2D eigenvalue weighted by atomic mass is 9.80. The van der Waals surface area contributed by atoms with Gasteiger partial charge in [0, 0.05) is 17.3 Å². The number of anilines is 1. The molecule has 0 bridgehead atoms. The molecule has 0 fully saturated rings. The number of aryl methyl sites for hydroxylation is 1. The summed E-state index contributed by atoms with van der Waals surface area (Å²) >= 11 is 0. The fourth-order valence-corrected chi connectivity index (χ4v) is 5.57. The van der Waals surface area contributed by atoms with Crippen molar-refractivity contribution in [1.82, 2.24) is 5.43 Å². The Kier molecular flexibility index (Phi) is 9.08. The smallest absolute Gasteiger partial charge is 0.273 e. The highest BCUT2D eigenvalue weighted by molar-refractivity contribution is 7.92. The third-order valence-electron chi connectivity index (χ3n) is 6.24. The third-order valence-corrected chi connectivity index (χ3v) is 8.01. The summed E-state index contributed by atoms with van der Waals surface area (Å²) < 4.78 is 33.3. The molecule has 0 radical (unpaired) electrons. The molecule has 10 nitrogen and oxygen atoms in total. The van der Waals surface area contributed by atoms with Crippen molar-refractivity contribution in [3.8, 4) is 5.75 Å². The zero-order valence-corrected chi connectivity index (χ0v) is 23.4. The molecular weight excluding hydrogens is 520 g/mol. The maximum atomic E-state index is 13.6. The number of hydrogen-bond donors (Lipinski definition) is 1. The van der Waals surface area contributed by atoms with Crippen molar-refractivity contribution in [3.63, 3.8) is 0 Å². The van der Waals surface area contributed by atoms with Gasteiger partial charge in [0.05, 0.1) is 22.6 Å². The van der Waals surface area contributed by atoms with Crippen LogP contribution < -0.4 is 14.5 Å². The van der Waals surface area contributed by atoms with Gasteiger partial charge in [-0.25, -0.2) is 13.8 Å². The number of nitro groups is 1. The van der Waals surface area contributed by atoms with Gasteiger partial charge in [-0.05, 0) is 61.6 Å². The van der Waals surface area contributed by atoms with Gasteiger partial charge in [0.25, 0.3) is 21.6 Å². The molecule has 0 aromatic heterocycles. The number of sulfonamides is 1. The summed E-state index contributed by atoms with van der Waals surface area (Å²) in [7, 11) is -2.89. The number of methoxy groups -OCH3 is 1. The average Bonchev–Trinajstić information content (AvgIpc) is 2.90. The summed E-state index contributed by atoms with van der Waals surface area (Å²) in [5.41, 5.74) is 4.15. The van der Waals surface area contributed by atoms with Gasteiger partial charge < -0.3 is 4.74 Å². The van der Waals surface area contributed by atoms with Crippen molar-refractivity contribution in [2.75, 3.05) is 18.0 Å². The largest absolute Gasteiger partial charge is 0.497 e. The molecule has 0 unspecified atom stereocenters. The van der Waals surface area contributed by atoms with Crippen molar-refractivity contribution in [2.24, 2.45) is 5.10 Å². The number of ether oxygens (including phenoxy) is 1. The van der Waals surface area contributed by atoms with Gasteiger partial charge in [-0.2, -0.15) is 5.10 Å². The lowest BCUT2D eigenvalue weighted by Gasteiger charge is -2.25. The molecule has 1 amide bonds. The Hall–Kier alpha value is -4.25. The Morgan fingerprint density at radius 3 is 2.31 bits per heavy atom. The van der Waals surface area contributed by atoms with E-state index in [2.05, 4.69) is 24.4 Å². The minimum atomic E-state index is -4.37. The third kappa shape index (κ3) is 7.20. The van der Waals surface area contributed by atoms with E-state index >= 15 is 0 Å². The molecule has 0 aliphatic rings. The second-order valence-corrected chi connectivity index (χ2v) is 11.6. The fourth-order valence-electron chi connectivity index (χ4n) is 4.13. The number of carbonyl (C=O) groups excluding carboxylic acids is 1. The van der Waals surface area contributed by atoms with Gasteiger partial charge in [-0.1, -0.05) is 50.2 Å². The summed E-state index contributed by atoms with van der Waals surface area (Å²) in [5.74, 6) is -0.180. The molecule has 206 valence electrons. The summed E-state index contributed by atoms with van der Waals surface area (Å²) in [5, 5.41) is 15.6. The van der Waals surface area contributed by atoms with E-state index in [4.69, 9.17) is 4.74 Å². The summed E-state index contributed by atoms with van der Waals surface area (Å²) in [6.07, 6.45) is 0.560. The molecule has 0 atom stereocenters. The van der Waals surface area contributed by atoms with E-state index < -0.39 is 27.4 Å². The Morgan fingerprint density at radius 1 is 1.08 bits per heavy atom. The highest BCUT2D eigenvalue weighted by atomic mass is 32.2. The zero-order valence-electron chi connectivity index (χ0n) is 22.5. The molecule has 0 aliphatic heterocycles. The first-order valence-corrected chi connectivity index (χ1v) is 13.6. The quantitative estimate of drug-likeness (QED) is 0.203. The fraction of sp³-hybridized carbons (Fsp3) is 0.286. The van der Waals surface area contributed by atoms with E-state index in [1.807, 2.05) is 30.3 Å². The number of amides is 1. The van der Waals surface area contributed by atoms with Crippen LogP contribution in [0.5, 0.6) is 5.75 Å². The Bertz CT molecular complexity index is 1470. The van der Waals surface area contributed by atoms with E-state index in [9.17, 15) is 23.3 Å². The Balaban J connectivity index is 1.87. The molecule has 3 aromatic rings. The minimum Gasteiger partial charge on any atom is -0.497 e. The number of hydrazone groups is 1. The van der Waals surface area contributed by atoms with Crippen molar-refractivity contribution in [3.05, 3.63) is 94.0 Å². The van der Waals surface area contributed by atoms with Crippen LogP contribution in [-0.4, -0.2) is 38.6 Å². The molecule has 0 saturated carbocycles. The molecule has 11 heteroatoms. The van der Waals surface area contributed by atoms with E-state index in [1.165, 1.54) is 38.3 Å². The van der Waals surface area contributed by atoms with Gasteiger partial charge in [-0.15, -0.1) is 0 Å². The molecule has 1 N–H and O–H groups in total. The van der Waals surface area contributed by atoms with Crippen LogP contribution in [-0.2, 0) is 20.2 Å². The SMILES string of the molecule is COc1ccc(N(CC(=O)N/N=C(/C)CC(C)(C)c2ccccc2)S(=O)(=O)c2ccc(C)c([N+](=O)[O-])c2)cc1. The number of nitro benzene ring substituents is 1. The molecule has 0 saturated heterocycles. The molecule has 0 aliphatic carbocycles. The summed E-state index contributed by atoms with van der Waals surface area (Å²) in [4.78, 5) is 23.4. The lowest BCUT2D eigenvalue weighted by Crippen LogP contribution is -2.40. The Labute approximate surface area is 228 Å². The monoisotopic (exact) mass is 552 g/mol. The molecule has 3 rings (SSSR count). The minimum absolute atomic E-state index is 0.181. The van der Waals surface area contributed by atoms with Crippen LogP contribution in [0.4, 0.5) is 11.4 Å². The second-order valence-electron chi connectivity index (χ2n) is 9.72. The predicted molar refractivity (Wildman–Crippen MR) is 151 cm³/mol. The molecule has 3 aromatic carbocycles. The first-order valence-electron chi connectivity index (χ1n) is 12.1. The average molecular weight is 553 g/mol. The van der Waals surface area contributed by atoms with Crippen molar-refractivity contribution >= 4 is 33.0 Å².